The minimum absolute atomic E-state index is 0.849. The standard InChI is InChI=1S/C21H21NO/c1-6-10-18-14(8-3)16-12-17-15(9-4)20(11-7-2)23-21(17)13-19(16)22(18)5/h6-13H,3-4H2,1-2,5H3/b10-6-,11-7-. The summed E-state index contributed by atoms with van der Waals surface area (Å²) < 4.78 is 8.20. The van der Waals surface area contributed by atoms with E-state index in [1.54, 1.807) is 0 Å². The van der Waals surface area contributed by atoms with Crippen molar-refractivity contribution in [2.45, 2.75) is 13.8 Å². The largest absolute Gasteiger partial charge is 0.456 e. The molecule has 0 saturated heterocycles. The molecule has 0 fully saturated rings. The van der Waals surface area contributed by atoms with Gasteiger partial charge in [-0.2, -0.15) is 0 Å². The maximum Gasteiger partial charge on any atom is 0.137 e. The number of aryl methyl sites for hydroxylation is 1. The Morgan fingerprint density at radius 1 is 0.957 bits per heavy atom. The van der Waals surface area contributed by atoms with Gasteiger partial charge in [0.2, 0.25) is 0 Å². The lowest BCUT2D eigenvalue weighted by molar-refractivity contribution is 0.603. The Morgan fingerprint density at radius 3 is 2.26 bits per heavy atom. The van der Waals surface area contributed by atoms with Gasteiger partial charge in [0.25, 0.3) is 0 Å². The molecule has 0 atom stereocenters. The van der Waals surface area contributed by atoms with Gasteiger partial charge >= 0.3 is 0 Å². The van der Waals surface area contributed by atoms with Crippen LogP contribution in [0.15, 0.2) is 41.9 Å². The van der Waals surface area contributed by atoms with E-state index in [0.29, 0.717) is 0 Å². The van der Waals surface area contributed by atoms with Crippen LogP contribution in [0.25, 0.3) is 46.2 Å². The van der Waals surface area contributed by atoms with E-state index >= 15 is 0 Å². The Balaban J connectivity index is 2.46. The van der Waals surface area contributed by atoms with Crippen molar-refractivity contribution in [2.75, 3.05) is 0 Å². The topological polar surface area (TPSA) is 18.1 Å². The monoisotopic (exact) mass is 303 g/mol. The predicted molar refractivity (Wildman–Crippen MR) is 102 cm³/mol. The number of hydrogen-bond acceptors (Lipinski definition) is 1. The molecule has 3 rings (SSSR count). The summed E-state index contributed by atoms with van der Waals surface area (Å²) in [6.45, 7) is 11.9. The minimum atomic E-state index is 0.849. The fourth-order valence-corrected chi connectivity index (χ4v) is 3.17. The Bertz CT molecular complexity index is 977. The van der Waals surface area contributed by atoms with Gasteiger partial charge in [0, 0.05) is 40.7 Å². The second kappa shape index (κ2) is 5.81. The van der Waals surface area contributed by atoms with Crippen molar-refractivity contribution in [2.24, 2.45) is 7.05 Å². The van der Waals surface area contributed by atoms with Crippen LogP contribution in [0, 0.1) is 0 Å². The van der Waals surface area contributed by atoms with Crippen molar-refractivity contribution >= 4 is 46.2 Å². The van der Waals surface area contributed by atoms with E-state index in [2.05, 4.69) is 43.0 Å². The van der Waals surface area contributed by atoms with E-state index in [0.717, 1.165) is 39.1 Å². The Kier molecular flexibility index (Phi) is 3.83. The van der Waals surface area contributed by atoms with Crippen LogP contribution < -0.4 is 0 Å². The number of rotatable bonds is 4. The highest BCUT2D eigenvalue weighted by molar-refractivity contribution is 6.04. The molecule has 0 amide bonds. The van der Waals surface area contributed by atoms with Gasteiger partial charge in [-0.3, -0.25) is 0 Å². The third kappa shape index (κ3) is 2.18. The molecule has 2 heterocycles. The first-order valence-corrected chi connectivity index (χ1v) is 7.75. The van der Waals surface area contributed by atoms with E-state index in [1.165, 1.54) is 5.39 Å². The Hall–Kier alpha value is -2.74. The summed E-state index contributed by atoms with van der Waals surface area (Å²) in [6, 6.07) is 4.28. The number of nitrogens with zero attached hydrogens (tertiary/aromatic N) is 1. The van der Waals surface area contributed by atoms with E-state index in [-0.39, 0.29) is 0 Å². The SMILES string of the molecule is C=Cc1c(/C=C\C)oc2cc3c(cc12)c(C=C)c(/C=C\C)n3C. The van der Waals surface area contributed by atoms with Crippen LogP contribution in [0.2, 0.25) is 0 Å². The molecule has 0 aliphatic carbocycles. The zero-order chi connectivity index (χ0) is 16.6. The normalized spacial score (nSPS) is 12.1. The van der Waals surface area contributed by atoms with Gasteiger partial charge in [-0.15, -0.1) is 0 Å². The molecule has 116 valence electrons. The van der Waals surface area contributed by atoms with Crippen LogP contribution in [0.3, 0.4) is 0 Å². The summed E-state index contributed by atoms with van der Waals surface area (Å²) in [7, 11) is 2.07. The number of aromatic nitrogens is 1. The zero-order valence-corrected chi connectivity index (χ0v) is 13.9. The highest BCUT2D eigenvalue weighted by Crippen LogP contribution is 2.35. The third-order valence-electron chi connectivity index (χ3n) is 4.21. The molecule has 23 heavy (non-hydrogen) atoms. The Labute approximate surface area is 136 Å². The lowest BCUT2D eigenvalue weighted by atomic mass is 10.1. The summed E-state index contributed by atoms with van der Waals surface area (Å²) in [5.41, 5.74) is 5.34. The maximum atomic E-state index is 6.02. The molecule has 3 aromatic rings. The molecular formula is C21H21NO. The van der Waals surface area contributed by atoms with Gasteiger partial charge in [-0.25, -0.2) is 0 Å². The smallest absolute Gasteiger partial charge is 0.137 e. The molecule has 0 spiro atoms. The van der Waals surface area contributed by atoms with E-state index in [4.69, 9.17) is 4.42 Å². The molecule has 0 bridgehead atoms. The Morgan fingerprint density at radius 2 is 1.65 bits per heavy atom. The van der Waals surface area contributed by atoms with Crippen molar-refractivity contribution in [3.8, 4) is 0 Å². The number of benzene rings is 1. The van der Waals surface area contributed by atoms with E-state index < -0.39 is 0 Å². The van der Waals surface area contributed by atoms with Crippen molar-refractivity contribution < 1.29 is 4.42 Å². The number of allylic oxidation sites excluding steroid dienone is 2. The van der Waals surface area contributed by atoms with Crippen LogP contribution in [0.1, 0.15) is 36.4 Å². The fraction of sp³-hybridized carbons (Fsp3) is 0.143. The number of furan rings is 1. The first-order valence-electron chi connectivity index (χ1n) is 7.75. The molecule has 2 nitrogen and oxygen atoms in total. The molecular weight excluding hydrogens is 282 g/mol. The highest BCUT2D eigenvalue weighted by Gasteiger charge is 2.16. The average molecular weight is 303 g/mol. The van der Waals surface area contributed by atoms with E-state index in [9.17, 15) is 0 Å². The zero-order valence-electron chi connectivity index (χ0n) is 13.9. The summed E-state index contributed by atoms with van der Waals surface area (Å²) in [5.74, 6) is 0.849. The van der Waals surface area contributed by atoms with Crippen LogP contribution >= 0.6 is 0 Å². The second-order valence-electron chi connectivity index (χ2n) is 5.51. The van der Waals surface area contributed by atoms with Gasteiger partial charge in [-0.1, -0.05) is 37.5 Å². The summed E-state index contributed by atoms with van der Waals surface area (Å²) in [5, 5.41) is 2.26. The molecule has 0 unspecified atom stereocenters. The lowest BCUT2D eigenvalue weighted by Gasteiger charge is -1.99. The average Bonchev–Trinajstić information content (AvgIpc) is 3.01. The van der Waals surface area contributed by atoms with Gasteiger partial charge in [0.15, 0.2) is 0 Å². The van der Waals surface area contributed by atoms with E-state index in [1.807, 2.05) is 44.2 Å². The molecule has 1 aromatic carbocycles. The first kappa shape index (κ1) is 15.2. The van der Waals surface area contributed by atoms with Crippen molar-refractivity contribution in [3.63, 3.8) is 0 Å². The van der Waals surface area contributed by atoms with Crippen LogP contribution in [-0.2, 0) is 7.05 Å². The summed E-state index contributed by atoms with van der Waals surface area (Å²) in [4.78, 5) is 0. The van der Waals surface area contributed by atoms with Crippen molar-refractivity contribution in [3.05, 3.63) is 60.0 Å². The molecule has 2 heteroatoms. The van der Waals surface area contributed by atoms with Crippen molar-refractivity contribution in [1.82, 2.24) is 4.57 Å². The lowest BCUT2D eigenvalue weighted by Crippen LogP contribution is -1.90. The number of fused-ring (bicyclic) bond motifs is 2. The molecule has 0 aliphatic rings. The van der Waals surface area contributed by atoms with Crippen LogP contribution in [0.4, 0.5) is 0 Å². The molecule has 0 aliphatic heterocycles. The maximum absolute atomic E-state index is 6.02. The quantitative estimate of drug-likeness (QED) is 0.555. The highest BCUT2D eigenvalue weighted by atomic mass is 16.3. The first-order chi connectivity index (χ1) is 11.2. The molecule has 2 aromatic heterocycles. The fourth-order valence-electron chi connectivity index (χ4n) is 3.17. The molecule has 0 radical (unpaired) electrons. The van der Waals surface area contributed by atoms with Gasteiger partial charge in [0.1, 0.15) is 11.3 Å². The summed E-state index contributed by atoms with van der Waals surface area (Å²) in [6.07, 6.45) is 11.9. The van der Waals surface area contributed by atoms with Gasteiger partial charge < -0.3 is 8.98 Å². The molecule has 0 N–H and O–H groups in total. The second-order valence-corrected chi connectivity index (χ2v) is 5.51. The van der Waals surface area contributed by atoms with Gasteiger partial charge in [0.05, 0.1) is 5.52 Å². The minimum Gasteiger partial charge on any atom is -0.456 e. The van der Waals surface area contributed by atoms with Crippen LogP contribution in [-0.4, -0.2) is 4.57 Å². The van der Waals surface area contributed by atoms with Gasteiger partial charge in [-0.05, 0) is 32.1 Å². The van der Waals surface area contributed by atoms with Crippen molar-refractivity contribution in [1.29, 1.82) is 0 Å². The predicted octanol–water partition coefficient (Wildman–Crippen LogP) is 6.28. The van der Waals surface area contributed by atoms with Crippen LogP contribution in [0.5, 0.6) is 0 Å². The molecule has 0 saturated carbocycles. The third-order valence-corrected chi connectivity index (χ3v) is 4.21. The summed E-state index contributed by atoms with van der Waals surface area (Å²) >= 11 is 0. The number of hydrogen-bond donors (Lipinski definition) is 0.